The van der Waals surface area contributed by atoms with E-state index in [9.17, 15) is 13.2 Å². The standard InChI is InChI=1S/C9H18F3NO/c1-7(13-8(2)6-14)4-3-5-9(10,11)12/h7-8,13-14H,3-6H2,1-2H3/t7?,8-/m1/s1. The first kappa shape index (κ1) is 13.7. The highest BCUT2D eigenvalue weighted by Crippen LogP contribution is 2.22. The summed E-state index contributed by atoms with van der Waals surface area (Å²) < 4.78 is 35.3. The van der Waals surface area contributed by atoms with Crippen molar-refractivity contribution in [3.05, 3.63) is 0 Å². The van der Waals surface area contributed by atoms with Gasteiger partial charge in [-0.1, -0.05) is 0 Å². The second kappa shape index (κ2) is 6.24. The fourth-order valence-electron chi connectivity index (χ4n) is 1.23. The van der Waals surface area contributed by atoms with Crippen LogP contribution >= 0.6 is 0 Å². The third kappa shape index (κ3) is 8.31. The van der Waals surface area contributed by atoms with Crippen molar-refractivity contribution in [1.29, 1.82) is 0 Å². The smallest absolute Gasteiger partial charge is 0.389 e. The number of hydrogen-bond donors (Lipinski definition) is 2. The number of aliphatic hydroxyl groups is 1. The van der Waals surface area contributed by atoms with Gasteiger partial charge in [-0.3, -0.25) is 0 Å². The summed E-state index contributed by atoms with van der Waals surface area (Å²) in [4.78, 5) is 0. The molecule has 0 aromatic rings. The number of halogens is 3. The van der Waals surface area contributed by atoms with E-state index in [1.54, 1.807) is 6.92 Å². The monoisotopic (exact) mass is 213 g/mol. The molecule has 14 heavy (non-hydrogen) atoms. The lowest BCUT2D eigenvalue weighted by Crippen LogP contribution is -2.36. The Labute approximate surface area is 82.5 Å². The molecule has 2 nitrogen and oxygen atoms in total. The van der Waals surface area contributed by atoms with E-state index < -0.39 is 12.6 Å². The molecule has 0 bridgehead atoms. The fraction of sp³-hybridized carbons (Fsp3) is 1.00. The van der Waals surface area contributed by atoms with E-state index in [1.807, 2.05) is 6.92 Å². The number of alkyl halides is 3. The van der Waals surface area contributed by atoms with Gasteiger partial charge in [0.25, 0.3) is 0 Å². The normalized spacial score (nSPS) is 16.7. The molecule has 0 heterocycles. The minimum Gasteiger partial charge on any atom is -0.395 e. The number of rotatable bonds is 6. The summed E-state index contributed by atoms with van der Waals surface area (Å²) in [6, 6.07) is -0.0459. The Kier molecular flexibility index (Phi) is 6.11. The first-order valence-electron chi connectivity index (χ1n) is 4.79. The van der Waals surface area contributed by atoms with Gasteiger partial charge >= 0.3 is 6.18 Å². The van der Waals surface area contributed by atoms with Crippen molar-refractivity contribution in [2.75, 3.05) is 6.61 Å². The van der Waals surface area contributed by atoms with Crippen LogP contribution in [-0.4, -0.2) is 30.0 Å². The molecule has 0 rings (SSSR count). The lowest BCUT2D eigenvalue weighted by molar-refractivity contribution is -0.135. The third-order valence-electron chi connectivity index (χ3n) is 1.94. The maximum atomic E-state index is 11.8. The van der Waals surface area contributed by atoms with Gasteiger partial charge in [0.1, 0.15) is 0 Å². The van der Waals surface area contributed by atoms with E-state index >= 15 is 0 Å². The molecule has 0 saturated carbocycles. The van der Waals surface area contributed by atoms with E-state index in [0.29, 0.717) is 6.42 Å². The Hall–Kier alpha value is -0.290. The summed E-state index contributed by atoms with van der Waals surface area (Å²) in [5, 5.41) is 11.7. The van der Waals surface area contributed by atoms with Gasteiger partial charge in [0.2, 0.25) is 0 Å². The molecule has 2 atom stereocenters. The summed E-state index contributed by atoms with van der Waals surface area (Å²) in [5.41, 5.74) is 0. The predicted molar refractivity (Wildman–Crippen MR) is 49.1 cm³/mol. The maximum Gasteiger partial charge on any atom is 0.389 e. The van der Waals surface area contributed by atoms with Crippen molar-refractivity contribution in [3.63, 3.8) is 0 Å². The van der Waals surface area contributed by atoms with Gasteiger partial charge in [0, 0.05) is 18.5 Å². The molecule has 86 valence electrons. The highest BCUT2D eigenvalue weighted by Gasteiger charge is 2.26. The highest BCUT2D eigenvalue weighted by atomic mass is 19.4. The zero-order valence-electron chi connectivity index (χ0n) is 8.56. The van der Waals surface area contributed by atoms with Crippen LogP contribution in [0.3, 0.4) is 0 Å². The second-order valence-electron chi connectivity index (χ2n) is 3.66. The minimum atomic E-state index is -4.05. The van der Waals surface area contributed by atoms with Crippen molar-refractivity contribution < 1.29 is 18.3 Å². The van der Waals surface area contributed by atoms with Crippen LogP contribution in [0.25, 0.3) is 0 Å². The zero-order valence-corrected chi connectivity index (χ0v) is 8.56. The van der Waals surface area contributed by atoms with Gasteiger partial charge < -0.3 is 10.4 Å². The molecule has 0 fully saturated rings. The Morgan fingerprint density at radius 3 is 2.21 bits per heavy atom. The Morgan fingerprint density at radius 2 is 1.79 bits per heavy atom. The van der Waals surface area contributed by atoms with Gasteiger partial charge in [-0.05, 0) is 26.7 Å². The SMILES string of the molecule is CC(CCCC(F)(F)F)N[C@H](C)CO. The van der Waals surface area contributed by atoms with Crippen molar-refractivity contribution in [1.82, 2.24) is 5.32 Å². The average Bonchev–Trinajstić information content (AvgIpc) is 2.01. The van der Waals surface area contributed by atoms with Gasteiger partial charge in [-0.25, -0.2) is 0 Å². The molecular formula is C9H18F3NO. The lowest BCUT2D eigenvalue weighted by Gasteiger charge is -2.18. The first-order valence-corrected chi connectivity index (χ1v) is 4.79. The van der Waals surface area contributed by atoms with Gasteiger partial charge in [-0.2, -0.15) is 13.2 Å². The summed E-state index contributed by atoms with van der Waals surface area (Å²) in [5.74, 6) is 0. The van der Waals surface area contributed by atoms with Crippen LogP contribution in [0.5, 0.6) is 0 Å². The van der Waals surface area contributed by atoms with E-state index in [4.69, 9.17) is 5.11 Å². The van der Waals surface area contributed by atoms with Crippen molar-refractivity contribution in [2.24, 2.45) is 0 Å². The molecule has 0 saturated heterocycles. The summed E-state index contributed by atoms with van der Waals surface area (Å²) >= 11 is 0. The molecule has 0 aliphatic rings. The molecule has 2 N–H and O–H groups in total. The van der Waals surface area contributed by atoms with Crippen LogP contribution in [-0.2, 0) is 0 Å². The van der Waals surface area contributed by atoms with Crippen LogP contribution in [0.15, 0.2) is 0 Å². The molecular weight excluding hydrogens is 195 g/mol. The van der Waals surface area contributed by atoms with Crippen molar-refractivity contribution in [3.8, 4) is 0 Å². The van der Waals surface area contributed by atoms with E-state index in [0.717, 1.165) is 0 Å². The van der Waals surface area contributed by atoms with Crippen LogP contribution in [0, 0.1) is 0 Å². The molecule has 0 aliphatic heterocycles. The topological polar surface area (TPSA) is 32.3 Å². The fourth-order valence-corrected chi connectivity index (χ4v) is 1.23. The lowest BCUT2D eigenvalue weighted by atomic mass is 10.1. The first-order chi connectivity index (χ1) is 6.35. The van der Waals surface area contributed by atoms with Crippen LogP contribution < -0.4 is 5.32 Å². The van der Waals surface area contributed by atoms with Crippen LogP contribution in [0.4, 0.5) is 13.2 Å². The van der Waals surface area contributed by atoms with Crippen molar-refractivity contribution >= 4 is 0 Å². The predicted octanol–water partition coefficient (Wildman–Crippen LogP) is 2.08. The molecule has 0 spiro atoms. The van der Waals surface area contributed by atoms with E-state index in [1.165, 1.54) is 0 Å². The maximum absolute atomic E-state index is 11.8. The Morgan fingerprint density at radius 1 is 1.21 bits per heavy atom. The molecule has 5 heteroatoms. The second-order valence-corrected chi connectivity index (χ2v) is 3.66. The van der Waals surface area contributed by atoms with E-state index in [-0.39, 0.29) is 25.1 Å². The molecule has 0 aromatic carbocycles. The number of aliphatic hydroxyl groups excluding tert-OH is 1. The number of nitrogens with one attached hydrogen (secondary N) is 1. The molecule has 0 aliphatic carbocycles. The third-order valence-corrected chi connectivity index (χ3v) is 1.94. The molecule has 0 amide bonds. The quantitative estimate of drug-likeness (QED) is 0.708. The van der Waals surface area contributed by atoms with Gasteiger partial charge in [0.05, 0.1) is 6.61 Å². The van der Waals surface area contributed by atoms with Gasteiger partial charge in [0.15, 0.2) is 0 Å². The highest BCUT2D eigenvalue weighted by molar-refractivity contribution is 4.67. The number of hydrogen-bond acceptors (Lipinski definition) is 2. The molecule has 0 radical (unpaired) electrons. The summed E-state index contributed by atoms with van der Waals surface area (Å²) in [6.07, 6.45) is -4.17. The Balaban J connectivity index is 3.49. The van der Waals surface area contributed by atoms with E-state index in [2.05, 4.69) is 5.32 Å². The summed E-state index contributed by atoms with van der Waals surface area (Å²) in [6.45, 7) is 3.62. The minimum absolute atomic E-state index is 0.00358. The molecule has 1 unspecified atom stereocenters. The van der Waals surface area contributed by atoms with Crippen LogP contribution in [0.1, 0.15) is 33.1 Å². The average molecular weight is 213 g/mol. The summed E-state index contributed by atoms with van der Waals surface area (Å²) in [7, 11) is 0. The van der Waals surface area contributed by atoms with Gasteiger partial charge in [-0.15, -0.1) is 0 Å². The zero-order chi connectivity index (χ0) is 11.2. The van der Waals surface area contributed by atoms with Crippen molar-refractivity contribution in [2.45, 2.75) is 51.4 Å². The van der Waals surface area contributed by atoms with Crippen LogP contribution in [0.2, 0.25) is 0 Å². The largest absolute Gasteiger partial charge is 0.395 e. The Bertz CT molecular complexity index is 149. The molecule has 0 aromatic heterocycles.